The summed E-state index contributed by atoms with van der Waals surface area (Å²) in [6.07, 6.45) is 2.55. The Labute approximate surface area is 222 Å². The van der Waals surface area contributed by atoms with Crippen molar-refractivity contribution < 1.29 is 23.7 Å². The van der Waals surface area contributed by atoms with Gasteiger partial charge in [0, 0.05) is 33.7 Å². The minimum Gasteiger partial charge on any atom is -0.478 e. The predicted molar refractivity (Wildman–Crippen MR) is 140 cm³/mol. The highest BCUT2D eigenvalue weighted by Crippen LogP contribution is 2.44. The van der Waals surface area contributed by atoms with E-state index < -0.39 is 0 Å². The van der Waals surface area contributed by atoms with Gasteiger partial charge in [0.15, 0.2) is 12.6 Å². The van der Waals surface area contributed by atoms with Gasteiger partial charge in [-0.15, -0.1) is 0 Å². The zero-order chi connectivity index (χ0) is 24.8. The van der Waals surface area contributed by atoms with E-state index in [2.05, 4.69) is 20.8 Å². The Bertz CT molecular complexity index is 1420. The summed E-state index contributed by atoms with van der Waals surface area (Å²) in [7, 11) is 0. The molecule has 3 aliphatic heterocycles. The first-order valence-electron chi connectivity index (χ1n) is 11.7. The molecule has 0 atom stereocenters. The van der Waals surface area contributed by atoms with Crippen molar-refractivity contribution in [1.82, 2.24) is 4.90 Å². The molecule has 6 nitrogen and oxygen atoms in total. The molecule has 0 saturated heterocycles. The van der Waals surface area contributed by atoms with E-state index in [-0.39, 0.29) is 18.3 Å². The van der Waals surface area contributed by atoms with Gasteiger partial charge in [0.2, 0.25) is 5.78 Å². The second kappa shape index (κ2) is 9.56. The third kappa shape index (κ3) is 4.30. The first-order chi connectivity index (χ1) is 17.5. The van der Waals surface area contributed by atoms with Crippen LogP contribution >= 0.6 is 27.5 Å². The van der Waals surface area contributed by atoms with Crippen LogP contribution in [-0.4, -0.2) is 30.8 Å². The van der Waals surface area contributed by atoms with Gasteiger partial charge in [-0.1, -0.05) is 45.7 Å². The number of hydrogen-bond acceptors (Lipinski definition) is 6. The molecule has 0 aromatic heterocycles. The molecule has 3 aliphatic rings. The van der Waals surface area contributed by atoms with Crippen molar-refractivity contribution in [3.05, 3.63) is 91.1 Å². The molecule has 0 spiro atoms. The second-order valence-corrected chi connectivity index (χ2v) is 10.4. The summed E-state index contributed by atoms with van der Waals surface area (Å²) < 4.78 is 24.3. The predicted octanol–water partition coefficient (Wildman–Crippen LogP) is 6.29. The van der Waals surface area contributed by atoms with Crippen LogP contribution in [0.15, 0.2) is 52.7 Å². The van der Waals surface area contributed by atoms with Gasteiger partial charge in [-0.25, -0.2) is 0 Å². The van der Waals surface area contributed by atoms with Gasteiger partial charge in [-0.2, -0.15) is 0 Å². The largest absolute Gasteiger partial charge is 0.478 e. The standard InChI is InChI=1S/C28H23BrClNO5/c1-16-8-23-21(12-31(14-34-23)7-6-17-4-2-3-5-22(17)30)28-25(16)26(32)24(36-28)11-18-9-20(29)10-19-13-33-15-35-27(18)19/h2-5,8-11H,6-7,12-15H2,1H3/b24-11-. The van der Waals surface area contributed by atoms with E-state index in [1.54, 1.807) is 6.08 Å². The Morgan fingerprint density at radius 2 is 2.00 bits per heavy atom. The van der Waals surface area contributed by atoms with Crippen molar-refractivity contribution in [2.45, 2.75) is 26.5 Å². The number of nitrogens with zero attached hydrogens (tertiary/aromatic N) is 1. The van der Waals surface area contributed by atoms with Gasteiger partial charge in [0.1, 0.15) is 24.0 Å². The lowest BCUT2D eigenvalue weighted by molar-refractivity contribution is -0.0165. The van der Waals surface area contributed by atoms with E-state index in [4.69, 9.17) is 30.5 Å². The van der Waals surface area contributed by atoms with Crippen molar-refractivity contribution >= 4 is 39.4 Å². The van der Waals surface area contributed by atoms with Crippen molar-refractivity contribution in [2.24, 2.45) is 0 Å². The summed E-state index contributed by atoms with van der Waals surface area (Å²) >= 11 is 9.88. The molecule has 3 aromatic rings. The number of carbonyl (C=O) groups excluding carboxylic acids is 1. The number of ketones is 1. The van der Waals surface area contributed by atoms with Gasteiger partial charge in [0.25, 0.3) is 0 Å². The van der Waals surface area contributed by atoms with Crippen molar-refractivity contribution in [3.63, 3.8) is 0 Å². The highest BCUT2D eigenvalue weighted by molar-refractivity contribution is 9.10. The summed E-state index contributed by atoms with van der Waals surface area (Å²) in [5, 5.41) is 0.765. The van der Waals surface area contributed by atoms with E-state index >= 15 is 0 Å². The first-order valence-corrected chi connectivity index (χ1v) is 12.9. The molecule has 0 bridgehead atoms. The number of benzene rings is 3. The van der Waals surface area contributed by atoms with Crippen LogP contribution in [0.3, 0.4) is 0 Å². The molecule has 36 heavy (non-hydrogen) atoms. The lowest BCUT2D eigenvalue weighted by Gasteiger charge is -2.30. The zero-order valence-corrected chi connectivity index (χ0v) is 21.9. The Hall–Kier alpha value is -2.84. The summed E-state index contributed by atoms with van der Waals surface area (Å²) in [6, 6.07) is 13.7. The maximum Gasteiger partial charge on any atom is 0.232 e. The van der Waals surface area contributed by atoms with Crippen LogP contribution in [-0.2, 0) is 24.3 Å². The molecular weight excluding hydrogens is 546 g/mol. The molecular formula is C28H23BrClNO5. The summed E-state index contributed by atoms with van der Waals surface area (Å²) in [4.78, 5) is 15.6. The van der Waals surface area contributed by atoms with Crippen LogP contribution < -0.4 is 14.2 Å². The zero-order valence-electron chi connectivity index (χ0n) is 19.6. The molecule has 0 amide bonds. The lowest BCUT2D eigenvalue weighted by atomic mass is 9.98. The van der Waals surface area contributed by atoms with E-state index in [9.17, 15) is 4.79 Å². The van der Waals surface area contributed by atoms with Crippen LogP contribution in [0.2, 0.25) is 5.02 Å². The summed E-state index contributed by atoms with van der Waals surface area (Å²) in [5.41, 5.74) is 5.09. The SMILES string of the molecule is Cc1cc2c(c3c1C(=O)/C(=C/c1cc(Br)cc4c1OCOC4)O3)CN(CCc1ccccc1Cl)CO2. The Balaban J connectivity index is 1.29. The number of hydrogen-bond donors (Lipinski definition) is 0. The fourth-order valence-electron chi connectivity index (χ4n) is 4.86. The number of aryl methyl sites for hydroxylation is 1. The highest BCUT2D eigenvalue weighted by atomic mass is 79.9. The highest BCUT2D eigenvalue weighted by Gasteiger charge is 2.35. The fraction of sp³-hybridized carbons (Fsp3) is 0.250. The fourth-order valence-corrected chi connectivity index (χ4v) is 5.61. The van der Waals surface area contributed by atoms with Crippen molar-refractivity contribution in [3.8, 4) is 17.2 Å². The van der Waals surface area contributed by atoms with Gasteiger partial charge in [-0.05, 0) is 54.8 Å². The number of rotatable bonds is 4. The maximum atomic E-state index is 13.5. The Morgan fingerprint density at radius 1 is 1.14 bits per heavy atom. The van der Waals surface area contributed by atoms with Crippen LogP contribution in [0, 0.1) is 6.92 Å². The van der Waals surface area contributed by atoms with Crippen molar-refractivity contribution in [1.29, 1.82) is 0 Å². The number of fused-ring (bicyclic) bond motifs is 4. The van der Waals surface area contributed by atoms with Gasteiger partial charge in [-0.3, -0.25) is 9.69 Å². The Kier molecular flexibility index (Phi) is 6.25. The molecule has 0 unspecified atom stereocenters. The quantitative estimate of drug-likeness (QED) is 0.345. The van der Waals surface area contributed by atoms with Gasteiger partial charge < -0.3 is 18.9 Å². The molecule has 3 aromatic carbocycles. The van der Waals surface area contributed by atoms with Crippen LogP contribution in [0.1, 0.15) is 38.2 Å². The van der Waals surface area contributed by atoms with Crippen LogP contribution in [0.4, 0.5) is 0 Å². The smallest absolute Gasteiger partial charge is 0.232 e. The number of allylic oxidation sites excluding steroid dienone is 1. The minimum atomic E-state index is -0.140. The third-order valence-corrected chi connectivity index (χ3v) is 7.46. The molecule has 8 heteroatoms. The maximum absolute atomic E-state index is 13.5. The van der Waals surface area contributed by atoms with E-state index in [1.165, 1.54) is 0 Å². The molecule has 0 N–H and O–H groups in total. The van der Waals surface area contributed by atoms with Crippen molar-refractivity contribution in [2.75, 3.05) is 20.1 Å². The molecule has 6 rings (SSSR count). The van der Waals surface area contributed by atoms with E-state index in [1.807, 2.05) is 49.4 Å². The minimum absolute atomic E-state index is 0.140. The van der Waals surface area contributed by atoms with Gasteiger partial charge in [0.05, 0.1) is 17.7 Å². The third-order valence-electron chi connectivity index (χ3n) is 6.63. The molecule has 0 fully saturated rings. The van der Waals surface area contributed by atoms with Crippen LogP contribution in [0.25, 0.3) is 6.08 Å². The topological polar surface area (TPSA) is 57.2 Å². The molecule has 3 heterocycles. The lowest BCUT2D eigenvalue weighted by Crippen LogP contribution is -2.34. The molecule has 0 saturated carbocycles. The average molecular weight is 569 g/mol. The molecule has 184 valence electrons. The van der Waals surface area contributed by atoms with E-state index in [0.717, 1.165) is 56.0 Å². The normalized spacial score (nSPS) is 17.6. The number of ether oxygens (including phenoxy) is 4. The number of Topliss-reactive ketones (excluding diaryl/α,β-unsaturated/α-hetero) is 1. The summed E-state index contributed by atoms with van der Waals surface area (Å²) in [5.74, 6) is 2.17. The summed E-state index contributed by atoms with van der Waals surface area (Å²) in [6.45, 7) is 4.40. The van der Waals surface area contributed by atoms with Gasteiger partial charge >= 0.3 is 0 Å². The second-order valence-electron chi connectivity index (χ2n) is 9.08. The Morgan fingerprint density at radius 3 is 2.86 bits per heavy atom. The van der Waals surface area contributed by atoms with E-state index in [0.29, 0.717) is 36.9 Å². The average Bonchev–Trinajstić information content (AvgIpc) is 3.20. The number of halogens is 2. The monoisotopic (exact) mass is 567 g/mol. The van der Waals surface area contributed by atoms with Crippen LogP contribution in [0.5, 0.6) is 17.2 Å². The molecule has 0 radical (unpaired) electrons. The molecule has 0 aliphatic carbocycles. The number of carbonyl (C=O) groups is 1. The first kappa shape index (κ1) is 23.6.